The van der Waals surface area contributed by atoms with Gasteiger partial charge in [0.1, 0.15) is 29.8 Å². The van der Waals surface area contributed by atoms with E-state index in [4.69, 9.17) is 0 Å². The molecule has 3 aromatic heterocycles. The largest absolute Gasteiger partial charge is 0.368 e. The van der Waals surface area contributed by atoms with Gasteiger partial charge in [0.15, 0.2) is 0 Å². The number of hydrogen-bond donors (Lipinski definition) is 3. The molecule has 0 aliphatic rings. The topological polar surface area (TPSA) is 110 Å². The molecule has 9 heteroatoms. The van der Waals surface area contributed by atoms with E-state index in [0.29, 0.717) is 36.4 Å². The molecule has 0 bridgehead atoms. The minimum absolute atomic E-state index is 0.0909. The molecule has 0 fully saturated rings. The van der Waals surface area contributed by atoms with E-state index >= 15 is 0 Å². The molecule has 0 radical (unpaired) electrons. The number of carbonyl (C=O) groups excluding carboxylic acids is 1. The highest BCUT2D eigenvalue weighted by atomic mass is 16.2. The van der Waals surface area contributed by atoms with Crippen LogP contribution in [0, 0.1) is 6.92 Å². The van der Waals surface area contributed by atoms with Gasteiger partial charge in [-0.25, -0.2) is 15.0 Å². The predicted octanol–water partition coefficient (Wildman–Crippen LogP) is 1.35. The first-order chi connectivity index (χ1) is 12.7. The van der Waals surface area contributed by atoms with Crippen molar-refractivity contribution in [1.82, 2.24) is 30.0 Å². The Labute approximate surface area is 150 Å². The van der Waals surface area contributed by atoms with E-state index in [9.17, 15) is 4.79 Å². The molecule has 0 aliphatic heterocycles. The summed E-state index contributed by atoms with van der Waals surface area (Å²) in [5, 5.41) is 13.1. The SMILES string of the molecule is Cc1nc(NCCNC(=O)Cn2cccn2)cc(Nc2ccccn2)n1. The number of hydrogen-bond acceptors (Lipinski definition) is 7. The van der Waals surface area contributed by atoms with E-state index < -0.39 is 0 Å². The van der Waals surface area contributed by atoms with Crippen LogP contribution < -0.4 is 16.0 Å². The molecule has 9 nitrogen and oxygen atoms in total. The molecule has 0 atom stereocenters. The van der Waals surface area contributed by atoms with Crippen LogP contribution in [0.4, 0.5) is 17.5 Å². The molecular weight excluding hydrogens is 332 g/mol. The maximum atomic E-state index is 11.8. The maximum Gasteiger partial charge on any atom is 0.241 e. The number of pyridine rings is 1. The van der Waals surface area contributed by atoms with Crippen molar-refractivity contribution in [1.29, 1.82) is 0 Å². The van der Waals surface area contributed by atoms with E-state index in [2.05, 4.69) is 36.0 Å². The van der Waals surface area contributed by atoms with Crippen molar-refractivity contribution < 1.29 is 4.79 Å². The second-order valence-electron chi connectivity index (χ2n) is 5.51. The summed E-state index contributed by atoms with van der Waals surface area (Å²) >= 11 is 0. The molecule has 134 valence electrons. The van der Waals surface area contributed by atoms with Gasteiger partial charge < -0.3 is 16.0 Å². The fraction of sp³-hybridized carbons (Fsp3) is 0.235. The maximum absolute atomic E-state index is 11.8. The molecule has 3 aromatic rings. The minimum Gasteiger partial charge on any atom is -0.368 e. The van der Waals surface area contributed by atoms with Gasteiger partial charge in [0.25, 0.3) is 0 Å². The van der Waals surface area contributed by atoms with E-state index in [1.54, 1.807) is 35.4 Å². The van der Waals surface area contributed by atoms with Crippen molar-refractivity contribution >= 4 is 23.4 Å². The summed E-state index contributed by atoms with van der Waals surface area (Å²) in [6, 6.07) is 9.19. The smallest absolute Gasteiger partial charge is 0.241 e. The van der Waals surface area contributed by atoms with Crippen LogP contribution in [0.5, 0.6) is 0 Å². The van der Waals surface area contributed by atoms with Crippen LogP contribution in [0.15, 0.2) is 48.9 Å². The van der Waals surface area contributed by atoms with Crippen LogP contribution in [0.2, 0.25) is 0 Å². The number of aromatic nitrogens is 5. The van der Waals surface area contributed by atoms with E-state index in [0.717, 1.165) is 0 Å². The molecule has 0 saturated heterocycles. The Balaban J connectivity index is 1.47. The molecule has 26 heavy (non-hydrogen) atoms. The third-order valence-electron chi connectivity index (χ3n) is 3.38. The zero-order chi connectivity index (χ0) is 18.2. The number of anilines is 3. The highest BCUT2D eigenvalue weighted by Crippen LogP contribution is 2.15. The Kier molecular flexibility index (Phi) is 5.71. The molecule has 0 aliphatic carbocycles. The van der Waals surface area contributed by atoms with Crippen molar-refractivity contribution in [2.75, 3.05) is 23.7 Å². The average molecular weight is 352 g/mol. The number of nitrogens with zero attached hydrogens (tertiary/aromatic N) is 5. The van der Waals surface area contributed by atoms with Gasteiger partial charge >= 0.3 is 0 Å². The minimum atomic E-state index is -0.0909. The number of amides is 1. The number of rotatable bonds is 8. The van der Waals surface area contributed by atoms with Crippen molar-refractivity contribution in [3.8, 4) is 0 Å². The average Bonchev–Trinajstić information content (AvgIpc) is 3.12. The fourth-order valence-corrected chi connectivity index (χ4v) is 2.28. The van der Waals surface area contributed by atoms with Crippen LogP contribution in [-0.2, 0) is 11.3 Å². The Morgan fingerprint density at radius 1 is 1.08 bits per heavy atom. The second-order valence-corrected chi connectivity index (χ2v) is 5.51. The van der Waals surface area contributed by atoms with Crippen LogP contribution in [0.25, 0.3) is 0 Å². The lowest BCUT2D eigenvalue weighted by molar-refractivity contribution is -0.121. The summed E-state index contributed by atoms with van der Waals surface area (Å²) in [5.74, 6) is 2.59. The first-order valence-electron chi connectivity index (χ1n) is 8.21. The molecule has 0 saturated carbocycles. The normalized spacial score (nSPS) is 10.3. The molecule has 0 unspecified atom stereocenters. The molecule has 3 N–H and O–H groups in total. The number of carbonyl (C=O) groups is 1. The summed E-state index contributed by atoms with van der Waals surface area (Å²) in [4.78, 5) is 24.7. The zero-order valence-corrected chi connectivity index (χ0v) is 14.4. The van der Waals surface area contributed by atoms with E-state index in [1.165, 1.54) is 0 Å². The summed E-state index contributed by atoms with van der Waals surface area (Å²) < 4.78 is 1.58. The van der Waals surface area contributed by atoms with Gasteiger partial charge in [-0.2, -0.15) is 5.10 Å². The monoisotopic (exact) mass is 352 g/mol. The van der Waals surface area contributed by atoms with Crippen molar-refractivity contribution in [2.45, 2.75) is 13.5 Å². The second kappa shape index (κ2) is 8.56. The lowest BCUT2D eigenvalue weighted by atomic mass is 10.4. The number of nitrogens with one attached hydrogen (secondary N) is 3. The van der Waals surface area contributed by atoms with Gasteiger partial charge in [-0.15, -0.1) is 0 Å². The van der Waals surface area contributed by atoms with Crippen LogP contribution >= 0.6 is 0 Å². The van der Waals surface area contributed by atoms with Crippen LogP contribution in [0.1, 0.15) is 5.82 Å². The lowest BCUT2D eigenvalue weighted by Crippen LogP contribution is -2.31. The Morgan fingerprint density at radius 2 is 1.96 bits per heavy atom. The van der Waals surface area contributed by atoms with Crippen LogP contribution in [0.3, 0.4) is 0 Å². The number of aryl methyl sites for hydroxylation is 1. The summed E-state index contributed by atoms with van der Waals surface area (Å²) in [6.45, 7) is 3.05. The van der Waals surface area contributed by atoms with Gasteiger partial charge in [-0.3, -0.25) is 9.48 Å². The Hall–Kier alpha value is -3.49. The molecule has 3 heterocycles. The summed E-state index contributed by atoms with van der Waals surface area (Å²) in [5.41, 5.74) is 0. The Morgan fingerprint density at radius 3 is 2.73 bits per heavy atom. The van der Waals surface area contributed by atoms with Gasteiger partial charge in [0.2, 0.25) is 5.91 Å². The third-order valence-corrected chi connectivity index (χ3v) is 3.38. The first kappa shape index (κ1) is 17.3. The van der Waals surface area contributed by atoms with Gasteiger partial charge in [0.05, 0.1) is 0 Å². The van der Waals surface area contributed by atoms with E-state index in [-0.39, 0.29) is 12.5 Å². The molecule has 3 rings (SSSR count). The summed E-state index contributed by atoms with van der Waals surface area (Å²) in [6.07, 6.45) is 5.10. The van der Waals surface area contributed by atoms with Crippen molar-refractivity contribution in [3.63, 3.8) is 0 Å². The predicted molar refractivity (Wildman–Crippen MR) is 98.0 cm³/mol. The van der Waals surface area contributed by atoms with Crippen LogP contribution in [-0.4, -0.2) is 43.7 Å². The summed E-state index contributed by atoms with van der Waals surface area (Å²) in [7, 11) is 0. The van der Waals surface area contributed by atoms with Gasteiger partial charge in [0, 0.05) is 37.7 Å². The molecule has 0 spiro atoms. The third kappa shape index (κ3) is 5.26. The molecule has 0 aromatic carbocycles. The first-order valence-corrected chi connectivity index (χ1v) is 8.21. The zero-order valence-electron chi connectivity index (χ0n) is 14.4. The van der Waals surface area contributed by atoms with Gasteiger partial charge in [-0.1, -0.05) is 6.07 Å². The molecule has 1 amide bonds. The lowest BCUT2D eigenvalue weighted by Gasteiger charge is -2.10. The van der Waals surface area contributed by atoms with Gasteiger partial charge in [-0.05, 0) is 25.1 Å². The van der Waals surface area contributed by atoms with Crippen molar-refractivity contribution in [2.24, 2.45) is 0 Å². The standard InChI is InChI=1S/C17H20N8O/c1-13-22-15(11-16(23-13)24-14-5-2-3-6-18-14)19-8-9-20-17(26)12-25-10-4-7-21-25/h2-7,10-11H,8-9,12H2,1H3,(H,20,26)(H2,18,19,22,23,24). The highest BCUT2D eigenvalue weighted by molar-refractivity contribution is 5.75. The molecular formula is C17H20N8O. The highest BCUT2D eigenvalue weighted by Gasteiger charge is 2.04. The fourth-order valence-electron chi connectivity index (χ4n) is 2.28. The van der Waals surface area contributed by atoms with Crippen molar-refractivity contribution in [3.05, 3.63) is 54.7 Å². The van der Waals surface area contributed by atoms with E-state index in [1.807, 2.05) is 25.1 Å². The Bertz CT molecular complexity index is 835. The quantitative estimate of drug-likeness (QED) is 0.525.